The van der Waals surface area contributed by atoms with Gasteiger partial charge in [0.15, 0.2) is 0 Å². The van der Waals surface area contributed by atoms with Gasteiger partial charge in [-0.2, -0.15) is 0 Å². The van der Waals surface area contributed by atoms with E-state index in [2.05, 4.69) is 26.1 Å². The Hall–Kier alpha value is -0.650. The molecule has 0 fully saturated rings. The van der Waals surface area contributed by atoms with E-state index in [0.717, 1.165) is 6.42 Å². The first-order valence-electron chi connectivity index (χ1n) is 6.43. The van der Waals surface area contributed by atoms with Gasteiger partial charge in [0.25, 0.3) is 0 Å². The zero-order valence-corrected chi connectivity index (χ0v) is 12.1. The molecule has 1 N–H and O–H groups in total. The number of ether oxygens (including phenoxy) is 3. The molecule has 0 aliphatic rings. The summed E-state index contributed by atoms with van der Waals surface area (Å²) in [6.07, 6.45) is 1.13. The molecule has 0 heterocycles. The number of hydrogen-bond acceptors (Lipinski definition) is 5. The van der Waals surface area contributed by atoms with Crippen LogP contribution in [0.3, 0.4) is 0 Å². The van der Waals surface area contributed by atoms with Crippen LogP contribution in [0.4, 0.5) is 0 Å². The molecule has 0 amide bonds. The van der Waals surface area contributed by atoms with Crippen LogP contribution in [0, 0.1) is 0 Å². The topological polar surface area (TPSA) is 56.8 Å². The van der Waals surface area contributed by atoms with E-state index < -0.39 is 0 Å². The van der Waals surface area contributed by atoms with E-state index in [0.29, 0.717) is 39.4 Å². The van der Waals surface area contributed by atoms with Crippen molar-refractivity contribution >= 4 is 5.97 Å². The molecule has 0 rings (SSSR count). The molecule has 0 atom stereocenters. The Labute approximate surface area is 110 Å². The average molecular weight is 261 g/mol. The number of carbonyl (C=O) groups is 1. The van der Waals surface area contributed by atoms with Crippen LogP contribution in [0.5, 0.6) is 0 Å². The summed E-state index contributed by atoms with van der Waals surface area (Å²) >= 11 is 0. The van der Waals surface area contributed by atoms with Crippen LogP contribution in [0.25, 0.3) is 0 Å². The smallest absolute Gasteiger partial charge is 0.307 e. The van der Waals surface area contributed by atoms with Crippen molar-refractivity contribution in [1.82, 2.24) is 5.32 Å². The monoisotopic (exact) mass is 261 g/mol. The zero-order valence-electron chi connectivity index (χ0n) is 12.1. The van der Waals surface area contributed by atoms with Gasteiger partial charge in [0, 0.05) is 32.2 Å². The molecule has 0 aliphatic carbocycles. The third-order valence-electron chi connectivity index (χ3n) is 2.11. The summed E-state index contributed by atoms with van der Waals surface area (Å²) in [6, 6.07) is 0. The summed E-state index contributed by atoms with van der Waals surface area (Å²) < 4.78 is 15.2. The molecule has 0 aliphatic heterocycles. The predicted molar refractivity (Wildman–Crippen MR) is 70.6 cm³/mol. The lowest BCUT2D eigenvalue weighted by Gasteiger charge is -2.19. The highest BCUT2D eigenvalue weighted by Crippen LogP contribution is 1.98. The number of carbonyl (C=O) groups excluding carboxylic acids is 1. The summed E-state index contributed by atoms with van der Waals surface area (Å²) in [6.45, 7) is 9.03. The van der Waals surface area contributed by atoms with Gasteiger partial charge in [0.1, 0.15) is 0 Å². The van der Waals surface area contributed by atoms with Crippen LogP contribution < -0.4 is 5.32 Å². The van der Waals surface area contributed by atoms with E-state index in [9.17, 15) is 4.79 Å². The van der Waals surface area contributed by atoms with Crippen molar-refractivity contribution < 1.29 is 19.0 Å². The first-order valence-corrected chi connectivity index (χ1v) is 6.43. The number of rotatable bonds is 10. The minimum absolute atomic E-state index is 0.0372. The van der Waals surface area contributed by atoms with Crippen molar-refractivity contribution in [3.8, 4) is 0 Å². The Morgan fingerprint density at radius 3 is 2.44 bits per heavy atom. The second-order valence-corrected chi connectivity index (χ2v) is 5.11. The van der Waals surface area contributed by atoms with Crippen LogP contribution in [-0.4, -0.2) is 51.6 Å². The summed E-state index contributed by atoms with van der Waals surface area (Å²) in [4.78, 5) is 11.3. The van der Waals surface area contributed by atoms with Crippen molar-refractivity contribution in [1.29, 1.82) is 0 Å². The quantitative estimate of drug-likeness (QED) is 0.475. The molecule has 0 aromatic carbocycles. The van der Waals surface area contributed by atoms with Crippen molar-refractivity contribution in [3.05, 3.63) is 0 Å². The van der Waals surface area contributed by atoms with Crippen molar-refractivity contribution in [2.24, 2.45) is 0 Å². The lowest BCUT2D eigenvalue weighted by molar-refractivity contribution is -0.144. The van der Waals surface area contributed by atoms with Crippen molar-refractivity contribution in [3.63, 3.8) is 0 Å². The molecular weight excluding hydrogens is 234 g/mol. The van der Waals surface area contributed by atoms with E-state index >= 15 is 0 Å². The second-order valence-electron chi connectivity index (χ2n) is 5.11. The summed E-state index contributed by atoms with van der Waals surface area (Å²) in [7, 11) is 1.64. The van der Waals surface area contributed by atoms with Crippen LogP contribution in [0.15, 0.2) is 0 Å². The van der Waals surface area contributed by atoms with Gasteiger partial charge in [-0.05, 0) is 20.8 Å². The molecule has 18 heavy (non-hydrogen) atoms. The van der Waals surface area contributed by atoms with E-state index in [-0.39, 0.29) is 11.5 Å². The van der Waals surface area contributed by atoms with Gasteiger partial charge in [-0.15, -0.1) is 0 Å². The minimum atomic E-state index is -0.163. The lowest BCUT2D eigenvalue weighted by atomic mass is 10.1. The highest BCUT2D eigenvalue weighted by Gasteiger charge is 2.09. The lowest BCUT2D eigenvalue weighted by Crippen LogP contribution is -2.37. The SMILES string of the molecule is COCCOCCCOC(=O)CCNC(C)(C)C. The van der Waals surface area contributed by atoms with Gasteiger partial charge in [0.2, 0.25) is 0 Å². The maximum Gasteiger partial charge on any atom is 0.307 e. The molecule has 0 aromatic rings. The van der Waals surface area contributed by atoms with Gasteiger partial charge in [-0.25, -0.2) is 0 Å². The molecule has 0 unspecified atom stereocenters. The molecule has 0 radical (unpaired) electrons. The van der Waals surface area contributed by atoms with E-state index in [4.69, 9.17) is 14.2 Å². The summed E-state index contributed by atoms with van der Waals surface area (Å²) in [5.74, 6) is -0.163. The van der Waals surface area contributed by atoms with Crippen LogP contribution in [0.2, 0.25) is 0 Å². The van der Waals surface area contributed by atoms with Gasteiger partial charge in [-0.3, -0.25) is 4.79 Å². The largest absolute Gasteiger partial charge is 0.466 e. The summed E-state index contributed by atoms with van der Waals surface area (Å²) in [5, 5.41) is 3.24. The number of nitrogens with one attached hydrogen (secondary N) is 1. The third kappa shape index (κ3) is 13.4. The molecule has 0 saturated heterocycles. The van der Waals surface area contributed by atoms with Gasteiger partial charge in [0.05, 0.1) is 26.2 Å². The Morgan fingerprint density at radius 2 is 1.83 bits per heavy atom. The molecule has 0 bridgehead atoms. The Balaban J connectivity index is 3.27. The zero-order chi connectivity index (χ0) is 13.9. The molecule has 0 saturated carbocycles. The number of esters is 1. The average Bonchev–Trinajstić information content (AvgIpc) is 2.26. The molecule has 5 nitrogen and oxygen atoms in total. The van der Waals surface area contributed by atoms with Gasteiger partial charge < -0.3 is 19.5 Å². The van der Waals surface area contributed by atoms with Gasteiger partial charge >= 0.3 is 5.97 Å². The Bertz CT molecular complexity index is 214. The van der Waals surface area contributed by atoms with Crippen LogP contribution in [-0.2, 0) is 19.0 Å². The Morgan fingerprint density at radius 1 is 1.11 bits per heavy atom. The fourth-order valence-electron chi connectivity index (χ4n) is 1.20. The van der Waals surface area contributed by atoms with Crippen molar-refractivity contribution in [2.75, 3.05) is 40.1 Å². The number of hydrogen-bond donors (Lipinski definition) is 1. The van der Waals surface area contributed by atoms with Crippen LogP contribution in [0.1, 0.15) is 33.6 Å². The fraction of sp³-hybridized carbons (Fsp3) is 0.923. The molecule has 108 valence electrons. The minimum Gasteiger partial charge on any atom is -0.466 e. The highest BCUT2D eigenvalue weighted by molar-refractivity contribution is 5.69. The molecule has 0 aromatic heterocycles. The van der Waals surface area contributed by atoms with E-state index in [1.807, 2.05) is 0 Å². The fourth-order valence-corrected chi connectivity index (χ4v) is 1.20. The molecular formula is C13H27NO4. The van der Waals surface area contributed by atoms with Crippen LogP contribution >= 0.6 is 0 Å². The first kappa shape index (κ1) is 17.4. The van der Waals surface area contributed by atoms with E-state index in [1.165, 1.54) is 0 Å². The predicted octanol–water partition coefficient (Wildman–Crippen LogP) is 1.36. The standard InChI is InChI=1S/C13H27NO4/c1-13(2,3)14-7-6-12(15)18-9-5-8-17-11-10-16-4/h14H,5-11H2,1-4H3. The maximum atomic E-state index is 11.3. The first-order chi connectivity index (χ1) is 8.45. The third-order valence-corrected chi connectivity index (χ3v) is 2.11. The van der Waals surface area contributed by atoms with E-state index in [1.54, 1.807) is 7.11 Å². The normalized spacial score (nSPS) is 11.6. The Kier molecular flexibility index (Phi) is 9.92. The van der Waals surface area contributed by atoms with Gasteiger partial charge in [-0.1, -0.05) is 0 Å². The molecule has 0 spiro atoms. The maximum absolute atomic E-state index is 11.3. The molecule has 5 heteroatoms. The van der Waals surface area contributed by atoms with Crippen molar-refractivity contribution in [2.45, 2.75) is 39.2 Å². The second kappa shape index (κ2) is 10.3. The number of methoxy groups -OCH3 is 1. The summed E-state index contributed by atoms with van der Waals surface area (Å²) in [5.41, 5.74) is 0.0372. The highest BCUT2D eigenvalue weighted by atomic mass is 16.5.